The number of fused-ring (bicyclic) bond motifs is 2. The number of rotatable bonds is 3. The summed E-state index contributed by atoms with van der Waals surface area (Å²) in [4.78, 5) is 25.6. The number of oxazole rings is 1. The zero-order chi connectivity index (χ0) is 33.2. The number of benzene rings is 3. The van der Waals surface area contributed by atoms with E-state index in [-0.39, 0.29) is 22.1 Å². The molecule has 0 N–H and O–H groups in total. The van der Waals surface area contributed by atoms with Crippen molar-refractivity contribution in [3.63, 3.8) is 0 Å². The first kappa shape index (κ1) is 29.4. The quantitative estimate of drug-likeness (QED) is 0.0890. The van der Waals surface area contributed by atoms with E-state index in [1.807, 2.05) is 0 Å². The molecule has 0 bridgehead atoms. The Hall–Kier alpha value is -6.68. The van der Waals surface area contributed by atoms with E-state index in [2.05, 4.69) is 34.8 Å². The Labute approximate surface area is 246 Å². The molecule has 0 aliphatic carbocycles. The number of nitriles is 2. The lowest BCUT2D eigenvalue weighted by molar-refractivity contribution is 0.381. The van der Waals surface area contributed by atoms with Crippen molar-refractivity contribution < 1.29 is 43.9 Å². The van der Waals surface area contributed by atoms with E-state index in [9.17, 15) is 44.8 Å². The van der Waals surface area contributed by atoms with E-state index in [0.29, 0.717) is 0 Å². The van der Waals surface area contributed by atoms with Crippen LogP contribution in [0.25, 0.3) is 50.4 Å². The molecule has 1 aliphatic rings. The summed E-state index contributed by atoms with van der Waals surface area (Å²) in [5, 5.41) is 18.8. The molecular formula is C27H2F9N9O. The van der Waals surface area contributed by atoms with E-state index in [1.165, 1.54) is 6.07 Å². The smallest absolute Gasteiger partial charge is 0.305 e. The number of halogens is 9. The van der Waals surface area contributed by atoms with Gasteiger partial charge in [-0.15, -0.1) is 0 Å². The second-order valence-electron chi connectivity index (χ2n) is 8.79. The van der Waals surface area contributed by atoms with Gasteiger partial charge in [0.2, 0.25) is 23.3 Å². The third-order valence-corrected chi connectivity index (χ3v) is 6.26. The van der Waals surface area contributed by atoms with Crippen molar-refractivity contribution in [2.24, 2.45) is 9.98 Å². The predicted molar refractivity (Wildman–Crippen MR) is 130 cm³/mol. The van der Waals surface area contributed by atoms with Crippen LogP contribution < -0.4 is 10.7 Å². The molecule has 2 aromatic heterocycles. The van der Waals surface area contributed by atoms with Crippen molar-refractivity contribution in [1.82, 2.24) is 19.9 Å². The van der Waals surface area contributed by atoms with Crippen molar-refractivity contribution >= 4 is 11.1 Å². The molecule has 0 fully saturated rings. The van der Waals surface area contributed by atoms with Gasteiger partial charge in [0, 0.05) is 5.56 Å². The Balaban J connectivity index is 1.70. The molecule has 224 valence electrons. The summed E-state index contributed by atoms with van der Waals surface area (Å²) >= 11 is 0. The van der Waals surface area contributed by atoms with Gasteiger partial charge in [-0.1, -0.05) is 0 Å². The third-order valence-electron chi connectivity index (χ3n) is 6.26. The van der Waals surface area contributed by atoms with Gasteiger partial charge >= 0.3 is 5.70 Å². The first-order valence-electron chi connectivity index (χ1n) is 11.8. The minimum absolute atomic E-state index is 0.0325. The standard InChI is InChI=1S/C27H2F9N9O/c1-39-9(5-38)24-40-8-3-2-6(7(4-37)20(8)41-24)23-43-25(10-11(28)13(30)15(32)14(31)12(10)29)45-26(44-23)27-42-21-18(35)16(33)17(34)19(36)22(21)46-27/h2-3H/b24-9+. The summed E-state index contributed by atoms with van der Waals surface area (Å²) in [5.41, 5.74) is -5.61. The second-order valence-corrected chi connectivity index (χ2v) is 8.79. The third kappa shape index (κ3) is 4.20. The minimum Gasteiger partial charge on any atom is -0.430 e. The highest BCUT2D eigenvalue weighted by atomic mass is 19.2. The average Bonchev–Trinajstić information content (AvgIpc) is 3.70. The molecule has 0 radical (unpaired) electrons. The fraction of sp³-hybridized carbons (Fsp3) is 0. The lowest BCUT2D eigenvalue weighted by Gasteiger charge is -2.10. The van der Waals surface area contributed by atoms with Crippen LogP contribution in [0.2, 0.25) is 0 Å². The molecule has 46 heavy (non-hydrogen) atoms. The van der Waals surface area contributed by atoms with Gasteiger partial charge in [0.25, 0.3) is 5.89 Å². The van der Waals surface area contributed by atoms with Gasteiger partial charge in [0.15, 0.2) is 63.5 Å². The van der Waals surface area contributed by atoms with Crippen LogP contribution in [-0.4, -0.2) is 19.9 Å². The lowest BCUT2D eigenvalue weighted by atomic mass is 10.1. The molecule has 6 rings (SSSR count). The highest BCUT2D eigenvalue weighted by Gasteiger charge is 2.31. The Morgan fingerprint density at radius 2 is 1.28 bits per heavy atom. The van der Waals surface area contributed by atoms with Crippen LogP contribution in [-0.2, 0) is 0 Å². The predicted octanol–water partition coefficient (Wildman–Crippen LogP) is 5.00. The van der Waals surface area contributed by atoms with E-state index in [0.717, 1.165) is 6.07 Å². The maximum absolute atomic E-state index is 14.9. The fourth-order valence-electron chi connectivity index (χ4n) is 4.17. The van der Waals surface area contributed by atoms with Gasteiger partial charge < -0.3 is 4.42 Å². The maximum atomic E-state index is 14.9. The zero-order valence-electron chi connectivity index (χ0n) is 21.5. The van der Waals surface area contributed by atoms with Gasteiger partial charge in [-0.05, 0) is 12.1 Å². The second kappa shape index (κ2) is 10.5. The van der Waals surface area contributed by atoms with Crippen molar-refractivity contribution in [3.8, 4) is 46.6 Å². The van der Waals surface area contributed by atoms with Crippen LogP contribution in [0.15, 0.2) is 38.1 Å². The van der Waals surface area contributed by atoms with Crippen LogP contribution in [0.4, 0.5) is 39.5 Å². The largest absolute Gasteiger partial charge is 0.430 e. The highest BCUT2D eigenvalue weighted by molar-refractivity contribution is 5.77. The van der Waals surface area contributed by atoms with Crippen LogP contribution >= 0.6 is 0 Å². The van der Waals surface area contributed by atoms with Crippen molar-refractivity contribution in [2.75, 3.05) is 0 Å². The van der Waals surface area contributed by atoms with Gasteiger partial charge in [-0.2, -0.15) is 9.65 Å². The summed E-state index contributed by atoms with van der Waals surface area (Å²) in [5.74, 6) is -25.4. The van der Waals surface area contributed by atoms with Gasteiger partial charge in [-0.3, -0.25) is 0 Å². The summed E-state index contributed by atoms with van der Waals surface area (Å²) in [6.07, 6.45) is 0. The summed E-state index contributed by atoms with van der Waals surface area (Å²) in [7, 11) is 0. The molecule has 0 spiro atoms. The summed E-state index contributed by atoms with van der Waals surface area (Å²) < 4.78 is 133. The molecule has 0 unspecified atom stereocenters. The van der Waals surface area contributed by atoms with E-state index < -0.39 is 104 Å². The number of hydrogen-bond donors (Lipinski definition) is 0. The molecule has 19 heteroatoms. The summed E-state index contributed by atoms with van der Waals surface area (Å²) in [6, 6.07) is 5.55. The molecular weight excluding hydrogens is 637 g/mol. The van der Waals surface area contributed by atoms with Gasteiger partial charge in [0.1, 0.15) is 11.4 Å². The van der Waals surface area contributed by atoms with Crippen LogP contribution in [0, 0.1) is 81.6 Å². The Morgan fingerprint density at radius 1 is 0.696 bits per heavy atom. The molecule has 0 amide bonds. The fourth-order valence-corrected chi connectivity index (χ4v) is 4.17. The molecule has 0 saturated heterocycles. The van der Waals surface area contributed by atoms with Gasteiger partial charge in [-0.25, -0.2) is 75.2 Å². The SMILES string of the molecule is [C-]#[N+]/C(C#N)=C1\N=c2ccc(-c3nc(-c4nc5c(F)c(F)c(F)c(F)c5o4)nc(-c4c(F)c(F)c(F)c(F)c4F)n3)c(C#N)c2=N1. The molecule has 0 saturated carbocycles. The van der Waals surface area contributed by atoms with Crippen LogP contribution in [0.3, 0.4) is 0 Å². The Bertz CT molecular complexity index is 2440. The molecule has 1 aliphatic heterocycles. The van der Waals surface area contributed by atoms with Crippen LogP contribution in [0.5, 0.6) is 0 Å². The minimum atomic E-state index is -2.53. The Kier molecular flexibility index (Phi) is 6.70. The van der Waals surface area contributed by atoms with Crippen LogP contribution in [0.1, 0.15) is 5.56 Å². The highest BCUT2D eigenvalue weighted by Crippen LogP contribution is 2.34. The van der Waals surface area contributed by atoms with Crippen molar-refractivity contribution in [1.29, 1.82) is 10.5 Å². The normalized spacial score (nSPS) is 13.0. The molecule has 3 heterocycles. The van der Waals surface area contributed by atoms with E-state index in [4.69, 9.17) is 16.3 Å². The monoisotopic (exact) mass is 639 g/mol. The zero-order valence-corrected chi connectivity index (χ0v) is 21.5. The van der Waals surface area contributed by atoms with Crippen molar-refractivity contribution in [2.45, 2.75) is 0 Å². The van der Waals surface area contributed by atoms with E-state index >= 15 is 0 Å². The molecule has 0 atom stereocenters. The first-order chi connectivity index (χ1) is 21.9. The van der Waals surface area contributed by atoms with Crippen molar-refractivity contribution in [3.05, 3.63) is 104 Å². The molecule has 5 aromatic rings. The Morgan fingerprint density at radius 3 is 1.91 bits per heavy atom. The van der Waals surface area contributed by atoms with E-state index in [1.54, 1.807) is 12.1 Å². The molecule has 10 nitrogen and oxygen atoms in total. The number of aromatic nitrogens is 4. The van der Waals surface area contributed by atoms with Gasteiger partial charge in [0.05, 0.1) is 29.1 Å². The molecule has 3 aromatic carbocycles. The average molecular weight is 639 g/mol. The summed E-state index contributed by atoms with van der Waals surface area (Å²) in [6.45, 7) is 7.08. The topological polar surface area (TPSA) is 141 Å². The number of allylic oxidation sites excluding steroid dienone is 1. The number of hydrogen-bond acceptors (Lipinski definition) is 9. The number of nitrogens with zero attached hydrogens (tertiary/aromatic N) is 9. The lowest BCUT2D eigenvalue weighted by Crippen LogP contribution is -2.25. The maximum Gasteiger partial charge on any atom is 0.305 e. The first-order valence-corrected chi connectivity index (χ1v) is 11.8.